The average Bonchev–Trinajstić information content (AvgIpc) is 2.55. The Labute approximate surface area is 152 Å². The zero-order valence-electron chi connectivity index (χ0n) is 11.9. The van der Waals surface area contributed by atoms with Crippen molar-refractivity contribution in [2.75, 3.05) is 0 Å². The van der Waals surface area contributed by atoms with Gasteiger partial charge < -0.3 is 19.8 Å². The number of nitrogens with zero attached hydrogens (tertiary/aromatic N) is 2. The summed E-state index contributed by atoms with van der Waals surface area (Å²) in [5.41, 5.74) is 0.144. The molecule has 23 heavy (non-hydrogen) atoms. The van der Waals surface area contributed by atoms with Gasteiger partial charge in [0.1, 0.15) is 0 Å². The summed E-state index contributed by atoms with van der Waals surface area (Å²) in [5, 5.41) is 37.5. The first-order chi connectivity index (χ1) is 10.5. The molecule has 0 unspecified atom stereocenters. The number of rotatable bonds is 2. The molecule has 6 nitrogen and oxygen atoms in total. The van der Waals surface area contributed by atoms with E-state index < -0.39 is 11.9 Å². The van der Waals surface area contributed by atoms with Crippen molar-refractivity contribution in [3.05, 3.63) is 70.8 Å². The average molecular weight is 493 g/mol. The van der Waals surface area contributed by atoms with E-state index >= 15 is 0 Å². The molecule has 0 atom stereocenters. The fourth-order valence-electron chi connectivity index (χ4n) is 1.52. The van der Waals surface area contributed by atoms with Gasteiger partial charge in [-0.3, -0.25) is 0 Å². The van der Waals surface area contributed by atoms with Crippen LogP contribution >= 0.6 is 0 Å². The molecule has 0 amide bonds. The van der Waals surface area contributed by atoms with E-state index in [1.165, 1.54) is 24.3 Å². The molecule has 7 heteroatoms. The van der Waals surface area contributed by atoms with Crippen LogP contribution in [0, 0.1) is 22.7 Å². The molecule has 0 fully saturated rings. The summed E-state index contributed by atoms with van der Waals surface area (Å²) in [6, 6.07) is 15.4. The van der Waals surface area contributed by atoms with Crippen LogP contribution in [0.15, 0.2) is 48.5 Å². The van der Waals surface area contributed by atoms with Crippen LogP contribution in [-0.2, 0) is 27.7 Å². The molecule has 2 aromatic carbocycles. The van der Waals surface area contributed by atoms with Gasteiger partial charge in [0.05, 0.1) is 35.2 Å². The number of carboxylic acid groups (broad SMARTS) is 2. The first kappa shape index (κ1) is 20.3. The van der Waals surface area contributed by atoms with E-state index in [9.17, 15) is 19.8 Å². The SMILES string of the molecule is N#Cc1ccccc1C(=O)[O-].N#Cc1ccccc1C(=O)[O-].[Hg+2]. The van der Waals surface area contributed by atoms with Crippen molar-refractivity contribution in [2.45, 2.75) is 0 Å². The first-order valence-corrected chi connectivity index (χ1v) is 5.92. The number of carbonyl (C=O) groups excluding carboxylic acids is 2. The Hall–Kier alpha value is -2.70. The van der Waals surface area contributed by atoms with Crippen LogP contribution in [0.4, 0.5) is 0 Å². The standard InChI is InChI=1S/2C8H5NO2.Hg/c2*9-5-6-3-1-2-4-7(6)8(10)11;/h2*1-4H,(H,10,11);/q;;+2/p-2. The number of hydrogen-bond acceptors (Lipinski definition) is 6. The molecule has 0 N–H and O–H groups in total. The van der Waals surface area contributed by atoms with Gasteiger partial charge >= 0.3 is 27.7 Å². The van der Waals surface area contributed by atoms with Crippen LogP contribution in [0.3, 0.4) is 0 Å². The zero-order valence-corrected chi connectivity index (χ0v) is 17.4. The third-order valence-corrected chi connectivity index (χ3v) is 2.53. The molecule has 2 aromatic rings. The minimum absolute atomic E-state index is 0. The molecular formula is C16H8HgN2O4. The second-order valence-corrected chi connectivity index (χ2v) is 3.89. The van der Waals surface area contributed by atoms with E-state index in [2.05, 4.69) is 0 Å². The van der Waals surface area contributed by atoms with E-state index in [1.807, 2.05) is 0 Å². The minimum Gasteiger partial charge on any atom is -0.545 e. The summed E-state index contributed by atoms with van der Waals surface area (Å²) in [7, 11) is 0. The van der Waals surface area contributed by atoms with Crippen LogP contribution < -0.4 is 10.2 Å². The predicted octanol–water partition coefficient (Wildman–Crippen LogP) is -0.159. The van der Waals surface area contributed by atoms with Gasteiger partial charge in [-0.1, -0.05) is 36.4 Å². The van der Waals surface area contributed by atoms with Crippen molar-refractivity contribution in [1.82, 2.24) is 0 Å². The summed E-state index contributed by atoms with van der Waals surface area (Å²) >= 11 is 0. The van der Waals surface area contributed by atoms with Crippen molar-refractivity contribution in [2.24, 2.45) is 0 Å². The maximum absolute atomic E-state index is 10.3. The van der Waals surface area contributed by atoms with Crippen molar-refractivity contribution >= 4 is 11.9 Å². The Morgan fingerprint density at radius 2 is 1.04 bits per heavy atom. The molecule has 0 radical (unpaired) electrons. The number of carboxylic acids is 2. The van der Waals surface area contributed by atoms with Gasteiger partial charge in [0, 0.05) is 11.1 Å². The maximum atomic E-state index is 10.3. The zero-order chi connectivity index (χ0) is 16.5. The molecule has 0 heterocycles. The summed E-state index contributed by atoms with van der Waals surface area (Å²) in [4.78, 5) is 20.6. The quantitative estimate of drug-likeness (QED) is 0.536. The third-order valence-electron chi connectivity index (χ3n) is 2.53. The smallest absolute Gasteiger partial charge is 0.545 e. The Morgan fingerprint density at radius 1 is 0.739 bits per heavy atom. The van der Waals surface area contributed by atoms with Crippen molar-refractivity contribution in [3.63, 3.8) is 0 Å². The fourth-order valence-corrected chi connectivity index (χ4v) is 1.52. The second kappa shape index (κ2) is 10.1. The largest absolute Gasteiger partial charge is 2.00 e. The van der Waals surface area contributed by atoms with Gasteiger partial charge in [-0.2, -0.15) is 10.5 Å². The van der Waals surface area contributed by atoms with E-state index in [-0.39, 0.29) is 49.9 Å². The Morgan fingerprint density at radius 3 is 1.26 bits per heavy atom. The molecule has 0 spiro atoms. The summed E-state index contributed by atoms with van der Waals surface area (Å²) in [6.07, 6.45) is 0. The Balaban J connectivity index is 0.000000403. The number of hydrogen-bond donors (Lipinski definition) is 0. The summed E-state index contributed by atoms with van der Waals surface area (Å²) in [6.45, 7) is 0. The molecule has 0 aromatic heterocycles. The first-order valence-electron chi connectivity index (χ1n) is 5.92. The van der Waals surface area contributed by atoms with Crippen molar-refractivity contribution in [1.29, 1.82) is 10.5 Å². The Kier molecular flexibility index (Phi) is 8.91. The van der Waals surface area contributed by atoms with Gasteiger partial charge in [0.15, 0.2) is 0 Å². The maximum Gasteiger partial charge on any atom is 2.00 e. The second-order valence-electron chi connectivity index (χ2n) is 3.89. The van der Waals surface area contributed by atoms with Crippen LogP contribution in [0.2, 0.25) is 0 Å². The van der Waals surface area contributed by atoms with Crippen molar-refractivity contribution in [3.8, 4) is 12.1 Å². The van der Waals surface area contributed by atoms with E-state index in [4.69, 9.17) is 10.5 Å². The fraction of sp³-hybridized carbons (Fsp3) is 0. The van der Waals surface area contributed by atoms with Crippen LogP contribution in [-0.4, -0.2) is 11.9 Å². The summed E-state index contributed by atoms with van der Waals surface area (Å²) in [5.74, 6) is -2.63. The third kappa shape index (κ3) is 5.89. The molecular weight excluding hydrogens is 485 g/mol. The number of aromatic carboxylic acids is 2. The number of benzene rings is 2. The van der Waals surface area contributed by atoms with Crippen molar-refractivity contribution < 1.29 is 47.5 Å². The van der Waals surface area contributed by atoms with Gasteiger partial charge in [-0.15, -0.1) is 0 Å². The van der Waals surface area contributed by atoms with Gasteiger partial charge in [-0.25, -0.2) is 0 Å². The van der Waals surface area contributed by atoms with E-state index in [0.717, 1.165) is 0 Å². The summed E-state index contributed by atoms with van der Waals surface area (Å²) < 4.78 is 0. The van der Waals surface area contributed by atoms with E-state index in [0.29, 0.717) is 0 Å². The molecule has 0 saturated carbocycles. The molecule has 2 rings (SSSR count). The number of carbonyl (C=O) groups is 2. The molecule has 0 aliphatic heterocycles. The monoisotopic (exact) mass is 494 g/mol. The Bertz CT molecular complexity index is 724. The molecule has 0 saturated heterocycles. The van der Waals surface area contributed by atoms with Gasteiger partial charge in [-0.05, 0) is 12.1 Å². The molecule has 0 aliphatic carbocycles. The molecule has 0 aliphatic rings. The minimum atomic E-state index is -1.32. The van der Waals surface area contributed by atoms with Gasteiger partial charge in [0.25, 0.3) is 0 Å². The van der Waals surface area contributed by atoms with Crippen LogP contribution in [0.25, 0.3) is 0 Å². The molecule has 108 valence electrons. The number of nitriles is 2. The van der Waals surface area contributed by atoms with Crippen LogP contribution in [0.5, 0.6) is 0 Å². The molecule has 0 bridgehead atoms. The topological polar surface area (TPSA) is 128 Å². The predicted molar refractivity (Wildman–Crippen MR) is 71.0 cm³/mol. The van der Waals surface area contributed by atoms with Crippen LogP contribution in [0.1, 0.15) is 31.8 Å². The van der Waals surface area contributed by atoms with E-state index in [1.54, 1.807) is 36.4 Å². The normalized spacial score (nSPS) is 8.26. The van der Waals surface area contributed by atoms with Gasteiger partial charge in [0.2, 0.25) is 0 Å².